The molecule has 6 nitrogen and oxygen atoms in total. The van der Waals surface area contributed by atoms with Crippen LogP contribution < -0.4 is 5.32 Å². The number of methoxy groups -OCH3 is 1. The van der Waals surface area contributed by atoms with Crippen LogP contribution >= 0.6 is 0 Å². The summed E-state index contributed by atoms with van der Waals surface area (Å²) >= 11 is 0. The fourth-order valence-electron chi connectivity index (χ4n) is 1.85. The Morgan fingerprint density at radius 3 is 2.61 bits per heavy atom. The molecule has 0 aromatic heterocycles. The van der Waals surface area contributed by atoms with Gasteiger partial charge in [-0.15, -0.1) is 0 Å². The summed E-state index contributed by atoms with van der Waals surface area (Å²) in [6, 6.07) is -0.520. The minimum atomic E-state index is -0.878. The van der Waals surface area contributed by atoms with Gasteiger partial charge in [0.2, 0.25) is 0 Å². The Balaban J connectivity index is 2.44. The quantitative estimate of drug-likeness (QED) is 0.672. The van der Waals surface area contributed by atoms with E-state index in [0.29, 0.717) is 19.6 Å². The van der Waals surface area contributed by atoms with E-state index in [9.17, 15) is 9.59 Å². The Morgan fingerprint density at radius 2 is 2.11 bits per heavy atom. The Labute approximate surface area is 107 Å². The number of carbonyl (C=O) groups is 2. The van der Waals surface area contributed by atoms with Gasteiger partial charge in [0.05, 0.1) is 5.92 Å². The van der Waals surface area contributed by atoms with Gasteiger partial charge in [0.15, 0.2) is 0 Å². The van der Waals surface area contributed by atoms with E-state index in [1.807, 2.05) is 13.8 Å². The molecule has 1 saturated heterocycles. The molecule has 0 bridgehead atoms. The smallest absolute Gasteiger partial charge is 0.323 e. The number of ether oxygens (including phenoxy) is 2. The molecule has 6 heteroatoms. The van der Waals surface area contributed by atoms with Crippen molar-refractivity contribution in [3.05, 3.63) is 0 Å². The zero-order valence-electron chi connectivity index (χ0n) is 11.1. The highest BCUT2D eigenvalue weighted by molar-refractivity contribution is 5.79. The number of carbonyl (C=O) groups excluding carboxylic acids is 1. The van der Waals surface area contributed by atoms with Crippen molar-refractivity contribution in [1.29, 1.82) is 0 Å². The van der Waals surface area contributed by atoms with E-state index in [1.54, 1.807) is 7.11 Å². The normalized spacial score (nSPS) is 23.9. The maximum Gasteiger partial charge on any atom is 0.323 e. The molecule has 1 heterocycles. The van der Waals surface area contributed by atoms with Crippen LogP contribution in [0.3, 0.4) is 0 Å². The highest BCUT2D eigenvalue weighted by atomic mass is 16.6. The van der Waals surface area contributed by atoms with Crippen molar-refractivity contribution >= 4 is 11.9 Å². The predicted molar refractivity (Wildman–Crippen MR) is 64.2 cm³/mol. The first-order chi connectivity index (χ1) is 8.35. The molecule has 0 unspecified atom stereocenters. The third kappa shape index (κ3) is 4.27. The summed E-state index contributed by atoms with van der Waals surface area (Å²) < 4.78 is 10.3. The number of hydrogen-bond acceptors (Lipinski definition) is 5. The van der Waals surface area contributed by atoms with Crippen molar-refractivity contribution in [2.75, 3.05) is 20.3 Å². The number of hydrogen-bond donors (Lipinski definition) is 2. The molecule has 1 aliphatic rings. The molecule has 0 amide bonds. The summed E-state index contributed by atoms with van der Waals surface area (Å²) in [5.41, 5.74) is -0.601. The molecule has 0 spiro atoms. The molecule has 2 atom stereocenters. The lowest BCUT2D eigenvalue weighted by Crippen LogP contribution is -2.39. The average Bonchev–Trinajstić information content (AvgIpc) is 2.75. The highest BCUT2D eigenvalue weighted by Crippen LogP contribution is 2.20. The van der Waals surface area contributed by atoms with Crippen LogP contribution in [0.4, 0.5) is 0 Å². The third-order valence-electron chi connectivity index (χ3n) is 3.05. The van der Waals surface area contributed by atoms with Gasteiger partial charge in [-0.1, -0.05) is 0 Å². The van der Waals surface area contributed by atoms with Gasteiger partial charge >= 0.3 is 11.9 Å². The van der Waals surface area contributed by atoms with Gasteiger partial charge < -0.3 is 19.9 Å². The van der Waals surface area contributed by atoms with Crippen molar-refractivity contribution in [3.8, 4) is 0 Å². The van der Waals surface area contributed by atoms with Crippen LogP contribution in [0.2, 0.25) is 0 Å². The van der Waals surface area contributed by atoms with Crippen LogP contribution in [0.15, 0.2) is 0 Å². The van der Waals surface area contributed by atoms with E-state index in [4.69, 9.17) is 14.6 Å². The molecule has 0 radical (unpaired) electrons. The maximum atomic E-state index is 11.9. The molecular formula is C12H21NO5. The van der Waals surface area contributed by atoms with Gasteiger partial charge in [-0.3, -0.25) is 9.59 Å². The Hall–Kier alpha value is -1.14. The molecule has 0 aliphatic carbocycles. The number of carboxylic acid groups (broad SMARTS) is 1. The first kappa shape index (κ1) is 14.9. The lowest BCUT2D eigenvalue weighted by molar-refractivity contribution is -0.160. The monoisotopic (exact) mass is 259 g/mol. The van der Waals surface area contributed by atoms with E-state index in [-0.39, 0.29) is 12.4 Å². The van der Waals surface area contributed by atoms with Crippen molar-refractivity contribution < 1.29 is 24.2 Å². The van der Waals surface area contributed by atoms with E-state index >= 15 is 0 Å². The molecule has 104 valence electrons. The van der Waals surface area contributed by atoms with Crippen molar-refractivity contribution in [2.45, 2.75) is 38.3 Å². The minimum Gasteiger partial charge on any atom is -0.481 e. The minimum absolute atomic E-state index is 0.286. The van der Waals surface area contributed by atoms with Gasteiger partial charge in [-0.05, 0) is 20.3 Å². The second-order valence-electron chi connectivity index (χ2n) is 5.16. The molecular weight excluding hydrogens is 238 g/mol. The lowest BCUT2D eigenvalue weighted by Gasteiger charge is -2.26. The molecule has 1 fully saturated rings. The van der Waals surface area contributed by atoms with E-state index in [2.05, 4.69) is 5.32 Å². The van der Waals surface area contributed by atoms with Gasteiger partial charge in [-0.2, -0.15) is 0 Å². The first-order valence-electron chi connectivity index (χ1n) is 6.03. The first-order valence-corrected chi connectivity index (χ1v) is 6.03. The Bertz CT molecular complexity index is 316. The summed E-state index contributed by atoms with van der Waals surface area (Å²) in [6.45, 7) is 4.45. The number of aliphatic carboxylic acids is 1. The van der Waals surface area contributed by atoms with Crippen LogP contribution in [-0.4, -0.2) is 48.9 Å². The van der Waals surface area contributed by atoms with Gasteiger partial charge in [-0.25, -0.2) is 0 Å². The second-order valence-corrected chi connectivity index (χ2v) is 5.16. The van der Waals surface area contributed by atoms with Crippen LogP contribution in [0, 0.1) is 5.92 Å². The lowest BCUT2D eigenvalue weighted by atomic mass is 10.0. The van der Waals surface area contributed by atoms with E-state index in [0.717, 1.165) is 0 Å². The number of rotatable bonds is 6. The SMILES string of the molecule is COCCC(C)(C)OC(=O)[C@H]1C[C@@H](C(=O)O)CN1. The largest absolute Gasteiger partial charge is 0.481 e. The van der Waals surface area contributed by atoms with Crippen LogP contribution in [-0.2, 0) is 19.1 Å². The van der Waals surface area contributed by atoms with E-state index in [1.165, 1.54) is 0 Å². The summed E-state index contributed by atoms with van der Waals surface area (Å²) in [7, 11) is 1.59. The highest BCUT2D eigenvalue weighted by Gasteiger charge is 2.36. The summed E-state index contributed by atoms with van der Waals surface area (Å²) in [4.78, 5) is 22.7. The standard InChI is InChI=1S/C12H21NO5/c1-12(2,4-5-17-3)18-11(16)9-6-8(7-13-9)10(14)15/h8-9,13H,4-7H2,1-3H3,(H,14,15)/t8-,9-/m1/s1. The topological polar surface area (TPSA) is 84.9 Å². The van der Waals surface area contributed by atoms with Gasteiger partial charge in [0.25, 0.3) is 0 Å². The zero-order chi connectivity index (χ0) is 13.8. The van der Waals surface area contributed by atoms with Crippen molar-refractivity contribution in [1.82, 2.24) is 5.32 Å². The molecule has 1 rings (SSSR count). The number of esters is 1. The summed E-state index contributed by atoms with van der Waals surface area (Å²) in [5, 5.41) is 11.7. The molecule has 0 aromatic carbocycles. The van der Waals surface area contributed by atoms with Crippen LogP contribution in [0.1, 0.15) is 26.7 Å². The third-order valence-corrected chi connectivity index (χ3v) is 3.05. The Morgan fingerprint density at radius 1 is 1.44 bits per heavy atom. The molecule has 18 heavy (non-hydrogen) atoms. The van der Waals surface area contributed by atoms with Crippen LogP contribution in [0.25, 0.3) is 0 Å². The van der Waals surface area contributed by atoms with Crippen molar-refractivity contribution in [3.63, 3.8) is 0 Å². The average molecular weight is 259 g/mol. The van der Waals surface area contributed by atoms with Gasteiger partial charge in [0, 0.05) is 26.7 Å². The molecule has 1 aliphatic heterocycles. The number of carboxylic acids is 1. The van der Waals surface area contributed by atoms with Crippen molar-refractivity contribution in [2.24, 2.45) is 5.92 Å². The molecule has 2 N–H and O–H groups in total. The summed E-state index contributed by atoms with van der Waals surface area (Å²) in [6.07, 6.45) is 0.888. The maximum absolute atomic E-state index is 11.9. The fraction of sp³-hybridized carbons (Fsp3) is 0.833. The molecule has 0 saturated carbocycles. The zero-order valence-corrected chi connectivity index (χ0v) is 11.1. The fourth-order valence-corrected chi connectivity index (χ4v) is 1.85. The van der Waals surface area contributed by atoms with Gasteiger partial charge in [0.1, 0.15) is 11.6 Å². The molecule has 0 aromatic rings. The Kier molecular flexibility index (Phi) is 5.10. The van der Waals surface area contributed by atoms with E-state index < -0.39 is 23.5 Å². The second kappa shape index (κ2) is 6.15. The number of nitrogens with one attached hydrogen (secondary N) is 1. The summed E-state index contributed by atoms with van der Waals surface area (Å²) in [5.74, 6) is -1.78. The predicted octanol–water partition coefficient (Wildman–Crippen LogP) is 0.407. The van der Waals surface area contributed by atoms with Crippen LogP contribution in [0.5, 0.6) is 0 Å².